The summed E-state index contributed by atoms with van der Waals surface area (Å²) >= 11 is 0. The van der Waals surface area contributed by atoms with Gasteiger partial charge in [0.15, 0.2) is 0 Å². The van der Waals surface area contributed by atoms with Gasteiger partial charge < -0.3 is 10.6 Å². The number of anilines is 1. The van der Waals surface area contributed by atoms with E-state index < -0.39 is 0 Å². The zero-order valence-electron chi connectivity index (χ0n) is 12.9. The highest BCUT2D eigenvalue weighted by molar-refractivity contribution is 6.09. The maximum Gasteiger partial charge on any atom is 0.253 e. The topological polar surface area (TPSA) is 54.0 Å². The third kappa shape index (κ3) is 3.72. The molecule has 0 saturated heterocycles. The number of benzene rings is 1. The number of nitrogens with zero attached hydrogens (tertiary/aromatic N) is 1. The Morgan fingerprint density at radius 1 is 1.24 bits per heavy atom. The molecule has 21 heavy (non-hydrogen) atoms. The Labute approximate surface area is 126 Å². The Bertz CT molecular complexity index is 622. The van der Waals surface area contributed by atoms with Gasteiger partial charge in [-0.05, 0) is 24.6 Å². The average molecular weight is 285 g/mol. The van der Waals surface area contributed by atoms with E-state index in [0.717, 1.165) is 29.6 Å². The first-order chi connectivity index (χ1) is 10.1. The summed E-state index contributed by atoms with van der Waals surface area (Å²) in [5, 5.41) is 8.12. The zero-order valence-corrected chi connectivity index (χ0v) is 12.9. The molecule has 0 radical (unpaired) electrons. The summed E-state index contributed by atoms with van der Waals surface area (Å²) in [4.78, 5) is 16.7. The van der Waals surface area contributed by atoms with Crippen LogP contribution in [0.5, 0.6) is 0 Å². The monoisotopic (exact) mass is 285 g/mol. The lowest BCUT2D eigenvalue weighted by Crippen LogP contribution is -2.25. The van der Waals surface area contributed by atoms with Gasteiger partial charge in [0.05, 0.1) is 5.56 Å². The van der Waals surface area contributed by atoms with Gasteiger partial charge in [-0.3, -0.25) is 4.79 Å². The highest BCUT2D eigenvalue weighted by atomic mass is 16.1. The van der Waals surface area contributed by atoms with Crippen LogP contribution in [0, 0.1) is 5.92 Å². The summed E-state index contributed by atoms with van der Waals surface area (Å²) < 4.78 is 0. The Balaban J connectivity index is 2.28. The Morgan fingerprint density at radius 3 is 2.62 bits per heavy atom. The normalized spacial score (nSPS) is 10.9. The molecule has 1 amide bonds. The number of fused-ring (bicyclic) bond motifs is 1. The van der Waals surface area contributed by atoms with Gasteiger partial charge in [-0.15, -0.1) is 0 Å². The largest absolute Gasteiger partial charge is 0.370 e. The van der Waals surface area contributed by atoms with Gasteiger partial charge in [-0.25, -0.2) is 4.98 Å². The molecule has 1 heterocycles. The maximum atomic E-state index is 12.3. The van der Waals surface area contributed by atoms with E-state index in [1.807, 2.05) is 31.2 Å². The number of amides is 1. The first-order valence-corrected chi connectivity index (χ1v) is 7.53. The quantitative estimate of drug-likeness (QED) is 0.854. The minimum atomic E-state index is -0.0533. The molecule has 2 rings (SSSR count). The van der Waals surface area contributed by atoms with Crippen molar-refractivity contribution < 1.29 is 4.79 Å². The second kappa shape index (κ2) is 7.07. The van der Waals surface area contributed by atoms with Crippen molar-refractivity contribution >= 4 is 22.5 Å². The van der Waals surface area contributed by atoms with Crippen molar-refractivity contribution in [3.8, 4) is 0 Å². The van der Waals surface area contributed by atoms with Crippen LogP contribution in [0.3, 0.4) is 0 Å². The fourth-order valence-corrected chi connectivity index (χ4v) is 2.25. The summed E-state index contributed by atoms with van der Waals surface area (Å²) in [7, 11) is 0. The molecule has 2 N–H and O–H groups in total. The molecule has 0 saturated carbocycles. The number of rotatable bonds is 6. The minimum Gasteiger partial charge on any atom is -0.370 e. The average Bonchev–Trinajstić information content (AvgIpc) is 2.47. The minimum absolute atomic E-state index is 0.0533. The highest BCUT2D eigenvalue weighted by Crippen LogP contribution is 2.24. The second-order valence-corrected chi connectivity index (χ2v) is 5.53. The van der Waals surface area contributed by atoms with Crippen molar-refractivity contribution in [2.24, 2.45) is 5.92 Å². The molecule has 0 unspecified atom stereocenters. The van der Waals surface area contributed by atoms with E-state index in [1.54, 1.807) is 6.20 Å². The third-order valence-corrected chi connectivity index (χ3v) is 3.39. The molecule has 0 atom stereocenters. The Morgan fingerprint density at radius 2 is 1.95 bits per heavy atom. The number of carbonyl (C=O) groups is 1. The van der Waals surface area contributed by atoms with Crippen LogP contribution >= 0.6 is 0 Å². The smallest absolute Gasteiger partial charge is 0.253 e. The summed E-state index contributed by atoms with van der Waals surface area (Å²) in [6.07, 6.45) is 2.64. The summed E-state index contributed by atoms with van der Waals surface area (Å²) in [6.45, 7) is 7.82. The van der Waals surface area contributed by atoms with Gasteiger partial charge in [0.1, 0.15) is 5.82 Å². The van der Waals surface area contributed by atoms with E-state index in [2.05, 4.69) is 29.5 Å². The van der Waals surface area contributed by atoms with E-state index in [-0.39, 0.29) is 5.91 Å². The first-order valence-electron chi connectivity index (χ1n) is 7.53. The van der Waals surface area contributed by atoms with Crippen molar-refractivity contribution in [2.75, 3.05) is 18.4 Å². The Hall–Kier alpha value is -2.10. The Kier molecular flexibility index (Phi) is 5.14. The number of pyridine rings is 1. The number of hydrogen-bond acceptors (Lipinski definition) is 3. The van der Waals surface area contributed by atoms with Crippen LogP contribution in [0.4, 0.5) is 5.82 Å². The number of nitrogens with one attached hydrogen (secondary N) is 2. The first kappa shape index (κ1) is 15.3. The molecule has 2 aromatic rings. The van der Waals surface area contributed by atoms with Crippen LogP contribution in [-0.4, -0.2) is 24.0 Å². The summed E-state index contributed by atoms with van der Waals surface area (Å²) in [5.41, 5.74) is 0.635. The maximum absolute atomic E-state index is 12.3. The van der Waals surface area contributed by atoms with Crippen molar-refractivity contribution in [3.63, 3.8) is 0 Å². The number of aromatic nitrogens is 1. The van der Waals surface area contributed by atoms with Crippen molar-refractivity contribution in [2.45, 2.75) is 27.2 Å². The van der Waals surface area contributed by atoms with Crippen LogP contribution in [0.15, 0.2) is 30.5 Å². The van der Waals surface area contributed by atoms with E-state index in [4.69, 9.17) is 0 Å². The number of carbonyl (C=O) groups excluding carboxylic acids is 1. The SMILES string of the molecule is CCNc1ncc(C(=O)NCCC(C)C)c2ccccc12. The van der Waals surface area contributed by atoms with E-state index >= 15 is 0 Å². The predicted molar refractivity (Wildman–Crippen MR) is 87.7 cm³/mol. The van der Waals surface area contributed by atoms with E-state index in [1.165, 1.54) is 0 Å². The third-order valence-electron chi connectivity index (χ3n) is 3.39. The summed E-state index contributed by atoms with van der Waals surface area (Å²) in [6, 6.07) is 7.87. The highest BCUT2D eigenvalue weighted by Gasteiger charge is 2.12. The molecule has 4 heteroatoms. The van der Waals surface area contributed by atoms with Crippen LogP contribution in [0.2, 0.25) is 0 Å². The molecule has 0 fully saturated rings. The number of hydrogen-bond donors (Lipinski definition) is 2. The van der Waals surface area contributed by atoms with Gasteiger partial charge in [-0.1, -0.05) is 38.1 Å². The van der Waals surface area contributed by atoms with Crippen LogP contribution < -0.4 is 10.6 Å². The van der Waals surface area contributed by atoms with Gasteiger partial charge in [0.2, 0.25) is 0 Å². The molecule has 0 aliphatic carbocycles. The van der Waals surface area contributed by atoms with Gasteiger partial charge in [0, 0.05) is 24.7 Å². The van der Waals surface area contributed by atoms with Gasteiger partial charge in [-0.2, -0.15) is 0 Å². The predicted octanol–water partition coefficient (Wildman–Crippen LogP) is 3.44. The molecular formula is C17H23N3O. The van der Waals surface area contributed by atoms with Crippen molar-refractivity contribution in [3.05, 3.63) is 36.0 Å². The summed E-state index contributed by atoms with van der Waals surface area (Å²) in [5.74, 6) is 1.35. The van der Waals surface area contributed by atoms with Crippen molar-refractivity contribution in [1.29, 1.82) is 0 Å². The second-order valence-electron chi connectivity index (χ2n) is 5.53. The van der Waals surface area contributed by atoms with Gasteiger partial charge in [0.25, 0.3) is 5.91 Å². The van der Waals surface area contributed by atoms with Crippen LogP contribution in [0.1, 0.15) is 37.6 Å². The lowest BCUT2D eigenvalue weighted by molar-refractivity contribution is 0.0953. The molecule has 0 aliphatic heterocycles. The molecular weight excluding hydrogens is 262 g/mol. The molecule has 1 aromatic carbocycles. The fourth-order valence-electron chi connectivity index (χ4n) is 2.25. The molecule has 1 aromatic heterocycles. The van der Waals surface area contributed by atoms with E-state index in [9.17, 15) is 4.79 Å². The van der Waals surface area contributed by atoms with Crippen molar-refractivity contribution in [1.82, 2.24) is 10.3 Å². The molecule has 4 nitrogen and oxygen atoms in total. The molecule has 0 aliphatic rings. The fraction of sp³-hybridized carbons (Fsp3) is 0.412. The molecule has 112 valence electrons. The molecule has 0 bridgehead atoms. The van der Waals surface area contributed by atoms with Crippen LogP contribution in [-0.2, 0) is 0 Å². The standard InChI is InChI=1S/C17H23N3O/c1-4-18-16-14-8-6-5-7-13(14)15(11-20-16)17(21)19-10-9-12(2)3/h5-8,11-12H,4,9-10H2,1-3H3,(H,18,20)(H,19,21). The van der Waals surface area contributed by atoms with E-state index in [0.29, 0.717) is 18.0 Å². The zero-order chi connectivity index (χ0) is 15.2. The lowest BCUT2D eigenvalue weighted by atomic mass is 10.1. The molecule has 0 spiro atoms. The van der Waals surface area contributed by atoms with Crippen LogP contribution in [0.25, 0.3) is 10.8 Å². The van der Waals surface area contributed by atoms with Gasteiger partial charge >= 0.3 is 0 Å². The lowest BCUT2D eigenvalue weighted by Gasteiger charge is -2.12.